The van der Waals surface area contributed by atoms with E-state index in [1.165, 1.54) is 31.3 Å². The third kappa shape index (κ3) is 3.95. The summed E-state index contributed by atoms with van der Waals surface area (Å²) >= 11 is 1.93. The fourth-order valence-corrected chi connectivity index (χ4v) is 4.46. The smallest absolute Gasteiger partial charge is 0.0358 e. The highest BCUT2D eigenvalue weighted by Crippen LogP contribution is 2.36. The van der Waals surface area contributed by atoms with Gasteiger partial charge in [-0.1, -0.05) is 59.7 Å². The molecule has 0 saturated carbocycles. The number of fused-ring (bicyclic) bond motifs is 3. The van der Waals surface area contributed by atoms with Gasteiger partial charge in [-0.3, -0.25) is 0 Å². The van der Waals surface area contributed by atoms with E-state index in [1.54, 1.807) is 0 Å². The van der Waals surface area contributed by atoms with Gasteiger partial charge in [0.1, 0.15) is 0 Å². The zero-order chi connectivity index (χ0) is 16.8. The minimum Gasteiger partial charge on any atom is -0.135 e. The Labute approximate surface area is 144 Å². The first-order valence-corrected chi connectivity index (χ1v) is 9.37. The van der Waals surface area contributed by atoms with Crippen LogP contribution in [-0.2, 0) is 12.8 Å². The van der Waals surface area contributed by atoms with Crippen molar-refractivity contribution in [1.29, 1.82) is 0 Å². The first kappa shape index (κ1) is 16.5. The van der Waals surface area contributed by atoms with Crippen LogP contribution in [0, 0.1) is 10.8 Å². The van der Waals surface area contributed by atoms with Crippen LogP contribution in [0.2, 0.25) is 0 Å². The van der Waals surface area contributed by atoms with Crippen molar-refractivity contribution in [3.05, 3.63) is 47.5 Å². The lowest BCUT2D eigenvalue weighted by Gasteiger charge is -2.18. The Hall–Kier alpha value is -1.34. The summed E-state index contributed by atoms with van der Waals surface area (Å²) in [4.78, 5) is 0. The second kappa shape index (κ2) is 5.63. The molecule has 0 fully saturated rings. The van der Waals surface area contributed by atoms with E-state index in [4.69, 9.17) is 0 Å². The van der Waals surface area contributed by atoms with Gasteiger partial charge in [-0.2, -0.15) is 0 Å². The first-order valence-electron chi connectivity index (χ1n) is 8.55. The lowest BCUT2D eigenvalue weighted by atomic mass is 9.87. The van der Waals surface area contributed by atoms with Crippen molar-refractivity contribution in [2.24, 2.45) is 10.8 Å². The van der Waals surface area contributed by atoms with E-state index >= 15 is 0 Å². The Morgan fingerprint density at radius 1 is 0.652 bits per heavy atom. The van der Waals surface area contributed by atoms with E-state index in [1.807, 2.05) is 11.3 Å². The normalized spacial score (nSPS) is 13.1. The molecule has 1 heterocycles. The summed E-state index contributed by atoms with van der Waals surface area (Å²) in [6.45, 7) is 13.8. The largest absolute Gasteiger partial charge is 0.135 e. The zero-order valence-corrected chi connectivity index (χ0v) is 16.1. The van der Waals surface area contributed by atoms with Crippen molar-refractivity contribution in [1.82, 2.24) is 0 Å². The summed E-state index contributed by atoms with van der Waals surface area (Å²) in [6, 6.07) is 14.1. The molecule has 0 nitrogen and oxygen atoms in total. The van der Waals surface area contributed by atoms with Gasteiger partial charge in [0.05, 0.1) is 0 Å². The molecule has 1 heteroatoms. The van der Waals surface area contributed by atoms with Crippen LogP contribution in [0.25, 0.3) is 20.2 Å². The Bertz CT molecular complexity index is 838. The topological polar surface area (TPSA) is 0 Å². The summed E-state index contributed by atoms with van der Waals surface area (Å²) in [5.74, 6) is 0. The molecule has 3 rings (SSSR count). The van der Waals surface area contributed by atoms with Gasteiger partial charge in [-0.05, 0) is 53.0 Å². The van der Waals surface area contributed by atoms with Crippen LogP contribution in [0.1, 0.15) is 52.7 Å². The van der Waals surface area contributed by atoms with Gasteiger partial charge >= 0.3 is 0 Å². The quantitative estimate of drug-likeness (QED) is 0.466. The molecule has 122 valence electrons. The number of benzene rings is 2. The molecule has 0 unspecified atom stereocenters. The van der Waals surface area contributed by atoms with Crippen LogP contribution in [0.4, 0.5) is 0 Å². The van der Waals surface area contributed by atoms with Gasteiger partial charge in [-0.15, -0.1) is 11.3 Å². The van der Waals surface area contributed by atoms with Gasteiger partial charge in [0.15, 0.2) is 0 Å². The number of rotatable bonds is 2. The predicted molar refractivity (Wildman–Crippen MR) is 106 cm³/mol. The van der Waals surface area contributed by atoms with Crippen LogP contribution in [-0.4, -0.2) is 0 Å². The van der Waals surface area contributed by atoms with Crippen LogP contribution < -0.4 is 0 Å². The maximum absolute atomic E-state index is 2.41. The molecule has 0 N–H and O–H groups in total. The highest BCUT2D eigenvalue weighted by atomic mass is 32.1. The van der Waals surface area contributed by atoms with Gasteiger partial charge in [-0.25, -0.2) is 0 Å². The molecule has 0 saturated heterocycles. The Balaban J connectivity index is 2.05. The minimum absolute atomic E-state index is 0.333. The average molecular weight is 325 g/mol. The fraction of sp³-hybridized carbons (Fsp3) is 0.455. The van der Waals surface area contributed by atoms with Gasteiger partial charge in [0.25, 0.3) is 0 Å². The first-order chi connectivity index (χ1) is 10.6. The molecule has 0 radical (unpaired) electrons. The van der Waals surface area contributed by atoms with Crippen LogP contribution in [0.15, 0.2) is 36.4 Å². The number of thiophene rings is 1. The van der Waals surface area contributed by atoms with E-state index in [0.717, 1.165) is 12.8 Å². The molecule has 1 aromatic heterocycles. The highest BCUT2D eigenvalue weighted by molar-refractivity contribution is 7.25. The Morgan fingerprint density at radius 3 is 1.83 bits per heavy atom. The van der Waals surface area contributed by atoms with Crippen LogP contribution in [0.3, 0.4) is 0 Å². The summed E-state index contributed by atoms with van der Waals surface area (Å²) < 4.78 is 2.83. The molecular formula is C22H28S. The predicted octanol–water partition coefficient (Wildman–Crippen LogP) is 7.23. The molecule has 23 heavy (non-hydrogen) atoms. The van der Waals surface area contributed by atoms with Crippen molar-refractivity contribution in [3.63, 3.8) is 0 Å². The van der Waals surface area contributed by atoms with Gasteiger partial charge < -0.3 is 0 Å². The van der Waals surface area contributed by atoms with E-state index < -0.39 is 0 Å². The molecule has 0 spiro atoms. The average Bonchev–Trinajstić information content (AvgIpc) is 2.72. The maximum Gasteiger partial charge on any atom is 0.0358 e. The molecule has 0 aliphatic rings. The Kier molecular flexibility index (Phi) is 4.04. The molecule has 3 aromatic rings. The number of hydrogen-bond acceptors (Lipinski definition) is 1. The Morgan fingerprint density at radius 2 is 1.22 bits per heavy atom. The summed E-state index contributed by atoms with van der Waals surface area (Å²) in [5, 5.41) is 2.84. The van der Waals surface area contributed by atoms with E-state index in [0.29, 0.717) is 10.8 Å². The fourth-order valence-electron chi connectivity index (χ4n) is 3.31. The van der Waals surface area contributed by atoms with E-state index in [9.17, 15) is 0 Å². The van der Waals surface area contributed by atoms with Crippen molar-refractivity contribution < 1.29 is 0 Å². The second-order valence-corrected chi connectivity index (χ2v) is 10.3. The minimum atomic E-state index is 0.333. The van der Waals surface area contributed by atoms with Crippen molar-refractivity contribution >= 4 is 31.5 Å². The third-order valence-electron chi connectivity index (χ3n) is 4.07. The summed E-state index contributed by atoms with van der Waals surface area (Å²) in [5.41, 5.74) is 3.57. The molecular weight excluding hydrogens is 296 g/mol. The number of hydrogen-bond donors (Lipinski definition) is 0. The zero-order valence-electron chi connectivity index (χ0n) is 15.3. The van der Waals surface area contributed by atoms with Crippen LogP contribution in [0.5, 0.6) is 0 Å². The summed E-state index contributed by atoms with van der Waals surface area (Å²) in [7, 11) is 0. The lowest BCUT2D eigenvalue weighted by Crippen LogP contribution is -2.08. The molecule has 0 aliphatic heterocycles. The molecule has 0 amide bonds. The molecule has 0 aliphatic carbocycles. The third-order valence-corrected chi connectivity index (χ3v) is 5.20. The van der Waals surface area contributed by atoms with E-state index in [2.05, 4.69) is 77.9 Å². The van der Waals surface area contributed by atoms with Crippen molar-refractivity contribution in [3.8, 4) is 0 Å². The standard InChI is InChI=1S/C22H28S/c1-21(2,3)13-15-8-10-19-18(11-15)17-9-7-16(12-20(17)23-19)14-22(4,5)6/h7-12H,13-14H2,1-6H3. The summed E-state index contributed by atoms with van der Waals surface area (Å²) in [6.07, 6.45) is 2.26. The van der Waals surface area contributed by atoms with Crippen molar-refractivity contribution in [2.45, 2.75) is 54.4 Å². The lowest BCUT2D eigenvalue weighted by molar-refractivity contribution is 0.411. The molecule has 0 bridgehead atoms. The molecule has 2 aromatic carbocycles. The van der Waals surface area contributed by atoms with Crippen molar-refractivity contribution in [2.75, 3.05) is 0 Å². The molecule has 0 atom stereocenters. The monoisotopic (exact) mass is 324 g/mol. The maximum atomic E-state index is 2.41. The highest BCUT2D eigenvalue weighted by Gasteiger charge is 2.15. The van der Waals surface area contributed by atoms with Gasteiger partial charge in [0, 0.05) is 20.2 Å². The van der Waals surface area contributed by atoms with E-state index in [-0.39, 0.29) is 0 Å². The van der Waals surface area contributed by atoms with Gasteiger partial charge in [0.2, 0.25) is 0 Å². The second-order valence-electron chi connectivity index (χ2n) is 9.24. The SMILES string of the molecule is CC(C)(C)Cc1ccc2c(c1)sc1ccc(CC(C)(C)C)cc12. The van der Waals surface area contributed by atoms with Crippen LogP contribution >= 0.6 is 11.3 Å².